The van der Waals surface area contributed by atoms with Crippen LogP contribution in [0.1, 0.15) is 41.0 Å². The van der Waals surface area contributed by atoms with E-state index in [1.807, 2.05) is 13.8 Å². The van der Waals surface area contributed by atoms with Crippen LogP contribution in [-0.2, 0) is 23.5 Å². The van der Waals surface area contributed by atoms with Crippen LogP contribution < -0.4 is 0 Å². The van der Waals surface area contributed by atoms with Gasteiger partial charge in [-0.15, -0.1) is 0 Å². The van der Waals surface area contributed by atoms with Gasteiger partial charge in [0.05, 0.1) is 31.1 Å². The van der Waals surface area contributed by atoms with E-state index in [1.54, 1.807) is 7.11 Å². The van der Waals surface area contributed by atoms with Crippen LogP contribution in [-0.4, -0.2) is 48.9 Å². The largest absolute Gasteiger partial charge is 0.414 e. The van der Waals surface area contributed by atoms with Gasteiger partial charge in [-0.1, -0.05) is 34.6 Å². The number of hydrogen-bond donors (Lipinski definition) is 0. The molecule has 0 aromatic carbocycles. The lowest BCUT2D eigenvalue weighted by Gasteiger charge is -2.39. The molecule has 0 aromatic rings. The van der Waals surface area contributed by atoms with Gasteiger partial charge in [0, 0.05) is 19.4 Å². The van der Waals surface area contributed by atoms with Gasteiger partial charge in [-0.3, -0.25) is 4.18 Å². The van der Waals surface area contributed by atoms with Crippen LogP contribution in [0.2, 0.25) is 18.1 Å². The fraction of sp³-hybridized carbons (Fsp3) is 0.941. The Morgan fingerprint density at radius 2 is 1.72 bits per heavy atom. The van der Waals surface area contributed by atoms with Crippen LogP contribution in [0.4, 0.5) is 0 Å². The van der Waals surface area contributed by atoms with E-state index in [4.69, 9.17) is 18.6 Å². The first-order chi connectivity index (χ1) is 11.2. The lowest BCUT2D eigenvalue weighted by atomic mass is 9.88. The monoisotopic (exact) mass is 393 g/mol. The normalized spacial score (nSPS) is 18.2. The first kappa shape index (κ1) is 24.5. The van der Waals surface area contributed by atoms with Crippen LogP contribution in [0, 0.1) is 23.2 Å². The lowest BCUT2D eigenvalue weighted by Crippen LogP contribution is -2.46. The predicted molar refractivity (Wildman–Crippen MR) is 102 cm³/mol. The molecule has 25 heavy (non-hydrogen) atoms. The maximum Gasteiger partial charge on any atom is 0.264 e. The molecule has 0 aliphatic rings. The molecule has 0 heterocycles. The summed E-state index contributed by atoms with van der Waals surface area (Å²) < 4.78 is 40.4. The van der Waals surface area contributed by atoms with Gasteiger partial charge in [0.1, 0.15) is 0 Å². The Morgan fingerprint density at radius 1 is 1.20 bits per heavy atom. The van der Waals surface area contributed by atoms with Crippen molar-refractivity contribution in [3.8, 4) is 6.07 Å². The summed E-state index contributed by atoms with van der Waals surface area (Å²) in [4.78, 5) is 0. The molecule has 0 saturated heterocycles. The van der Waals surface area contributed by atoms with Crippen molar-refractivity contribution in [2.24, 2.45) is 11.8 Å². The number of rotatable bonds is 10. The number of nitriles is 1. The third kappa shape index (κ3) is 8.18. The highest BCUT2D eigenvalue weighted by Crippen LogP contribution is 2.37. The fourth-order valence-electron chi connectivity index (χ4n) is 2.32. The van der Waals surface area contributed by atoms with Gasteiger partial charge < -0.3 is 9.16 Å². The molecule has 0 amide bonds. The van der Waals surface area contributed by atoms with Crippen molar-refractivity contribution < 1.29 is 21.8 Å². The molecule has 0 aromatic heterocycles. The molecule has 0 aliphatic carbocycles. The van der Waals surface area contributed by atoms with Crippen LogP contribution >= 0.6 is 0 Å². The summed E-state index contributed by atoms with van der Waals surface area (Å²) in [5.41, 5.74) is 0. The van der Waals surface area contributed by atoms with Crippen LogP contribution in [0.25, 0.3) is 0 Å². The summed E-state index contributed by atoms with van der Waals surface area (Å²) in [5.74, 6) is -0.479. The van der Waals surface area contributed by atoms with Gasteiger partial charge in [0.15, 0.2) is 8.32 Å². The topological polar surface area (TPSA) is 85.6 Å². The second-order valence-electron chi connectivity index (χ2n) is 8.31. The third-order valence-electron chi connectivity index (χ3n) is 5.08. The molecule has 0 radical (unpaired) electrons. The Morgan fingerprint density at radius 3 is 2.08 bits per heavy atom. The first-order valence-electron chi connectivity index (χ1n) is 8.58. The van der Waals surface area contributed by atoms with Crippen LogP contribution in [0.3, 0.4) is 0 Å². The van der Waals surface area contributed by atoms with Gasteiger partial charge in [0.2, 0.25) is 0 Å². The van der Waals surface area contributed by atoms with Crippen molar-refractivity contribution in [3.05, 3.63) is 0 Å². The van der Waals surface area contributed by atoms with Crippen molar-refractivity contribution in [2.45, 2.75) is 71.4 Å². The zero-order chi connectivity index (χ0) is 20.1. The average molecular weight is 394 g/mol. The van der Waals surface area contributed by atoms with Gasteiger partial charge in [-0.05, 0) is 24.1 Å². The Kier molecular flexibility index (Phi) is 9.29. The van der Waals surface area contributed by atoms with Gasteiger partial charge in [0.25, 0.3) is 10.1 Å². The molecule has 0 saturated carbocycles. The zero-order valence-electron chi connectivity index (χ0n) is 17.1. The highest BCUT2D eigenvalue weighted by Gasteiger charge is 2.39. The standard InChI is InChI=1S/C17H35NO5SSi/c1-13(10-11-18)16(23-24(7,19)20)14(2)15(21-6)12-22-25(8,9)17(3,4)5/h13-16H,10,12H2,1-9H3/t13-,14-,15+,16+/m1/s1. The second kappa shape index (κ2) is 9.47. The minimum atomic E-state index is -3.64. The van der Waals surface area contributed by atoms with E-state index < -0.39 is 24.5 Å². The first-order valence-corrected chi connectivity index (χ1v) is 13.3. The Bertz CT molecular complexity index is 550. The summed E-state index contributed by atoms with van der Waals surface area (Å²) in [7, 11) is -4.00. The maximum atomic E-state index is 11.6. The van der Waals surface area contributed by atoms with Gasteiger partial charge in [-0.25, -0.2) is 0 Å². The lowest BCUT2D eigenvalue weighted by molar-refractivity contribution is -0.0349. The van der Waals surface area contributed by atoms with E-state index >= 15 is 0 Å². The number of methoxy groups -OCH3 is 1. The molecule has 0 unspecified atom stereocenters. The number of ether oxygens (including phenoxy) is 1. The van der Waals surface area contributed by atoms with Gasteiger partial charge in [-0.2, -0.15) is 13.7 Å². The highest BCUT2D eigenvalue weighted by molar-refractivity contribution is 7.86. The second-order valence-corrected chi connectivity index (χ2v) is 14.7. The molecule has 0 aliphatic heterocycles. The summed E-state index contributed by atoms with van der Waals surface area (Å²) in [5, 5.41) is 9.03. The molecule has 0 fully saturated rings. The molecule has 0 N–H and O–H groups in total. The average Bonchev–Trinajstić information content (AvgIpc) is 2.43. The SMILES string of the molecule is CO[C@@H](CO[Si](C)(C)C(C)(C)C)[C@@H](C)[C@@H](OS(C)(=O)=O)[C@H](C)CC#N. The quantitative estimate of drug-likeness (QED) is 0.417. The van der Waals surface area contributed by atoms with Crippen molar-refractivity contribution in [1.29, 1.82) is 5.26 Å². The summed E-state index contributed by atoms with van der Waals surface area (Å²) >= 11 is 0. The van der Waals surface area contributed by atoms with Crippen LogP contribution in [0.5, 0.6) is 0 Å². The molecule has 0 rings (SSSR count). The molecule has 4 atom stereocenters. The van der Waals surface area contributed by atoms with Crippen molar-refractivity contribution in [3.63, 3.8) is 0 Å². The minimum absolute atomic E-state index is 0.0747. The van der Waals surface area contributed by atoms with Gasteiger partial charge >= 0.3 is 0 Å². The maximum absolute atomic E-state index is 11.6. The van der Waals surface area contributed by atoms with Crippen molar-refractivity contribution in [2.75, 3.05) is 20.0 Å². The van der Waals surface area contributed by atoms with Crippen molar-refractivity contribution in [1.82, 2.24) is 0 Å². The molecular formula is C17H35NO5SSi. The highest BCUT2D eigenvalue weighted by atomic mass is 32.2. The Labute approximate surface area is 155 Å². The Hall–Kier alpha value is -0.463. The summed E-state index contributed by atoms with van der Waals surface area (Å²) in [6.07, 6.45) is 0.286. The van der Waals surface area contributed by atoms with Crippen molar-refractivity contribution >= 4 is 18.4 Å². The van der Waals surface area contributed by atoms with E-state index in [9.17, 15) is 8.42 Å². The van der Waals surface area contributed by atoms with E-state index in [0.29, 0.717) is 6.61 Å². The summed E-state index contributed by atoms with van der Waals surface area (Å²) in [6, 6.07) is 2.08. The molecule has 0 bridgehead atoms. The number of hydrogen-bond acceptors (Lipinski definition) is 6. The minimum Gasteiger partial charge on any atom is -0.414 e. The predicted octanol–water partition coefficient (Wildman–Crippen LogP) is 3.55. The van der Waals surface area contributed by atoms with Crippen LogP contribution in [0.15, 0.2) is 0 Å². The van der Waals surface area contributed by atoms with E-state index in [-0.39, 0.29) is 29.4 Å². The molecule has 6 nitrogen and oxygen atoms in total. The third-order valence-corrected chi connectivity index (χ3v) is 10.2. The molecular weight excluding hydrogens is 358 g/mol. The van der Waals surface area contributed by atoms with E-state index in [1.165, 1.54) is 0 Å². The van der Waals surface area contributed by atoms with E-state index in [2.05, 4.69) is 39.9 Å². The molecule has 0 spiro atoms. The zero-order valence-corrected chi connectivity index (χ0v) is 18.9. The van der Waals surface area contributed by atoms with E-state index in [0.717, 1.165) is 6.26 Å². The molecule has 8 heteroatoms. The smallest absolute Gasteiger partial charge is 0.264 e. The Balaban J connectivity index is 5.28. The molecule has 148 valence electrons. The fourth-order valence-corrected chi connectivity index (χ4v) is 4.10. The summed E-state index contributed by atoms with van der Waals surface area (Å²) in [6.45, 7) is 14.9. The number of nitrogens with zero attached hydrogens (tertiary/aromatic N) is 1.